The van der Waals surface area contributed by atoms with E-state index in [0.717, 1.165) is 10.4 Å². The molecule has 2 aromatic carbocycles. The third-order valence-electron chi connectivity index (χ3n) is 3.30. The zero-order valence-corrected chi connectivity index (χ0v) is 13.3. The Morgan fingerprint density at radius 1 is 0.958 bits per heavy atom. The third kappa shape index (κ3) is 3.55. The van der Waals surface area contributed by atoms with Gasteiger partial charge in [0.15, 0.2) is 4.90 Å². The third-order valence-corrected chi connectivity index (χ3v) is 5.15. The van der Waals surface area contributed by atoms with Crippen LogP contribution in [0, 0.1) is 20.2 Å². The lowest BCUT2D eigenvalue weighted by Crippen LogP contribution is -2.27. The van der Waals surface area contributed by atoms with Crippen molar-refractivity contribution < 1.29 is 18.3 Å². The minimum atomic E-state index is -4.08. The Hall–Kier alpha value is -2.85. The lowest BCUT2D eigenvalue weighted by atomic mass is 10.2. The maximum absolute atomic E-state index is 12.6. The van der Waals surface area contributed by atoms with Crippen LogP contribution in [-0.2, 0) is 16.6 Å². The van der Waals surface area contributed by atoms with Gasteiger partial charge in [0.1, 0.15) is 0 Å². The second-order valence-electron chi connectivity index (χ2n) is 4.91. The molecular weight excluding hydrogens is 338 g/mol. The van der Waals surface area contributed by atoms with E-state index >= 15 is 0 Å². The molecule has 9 nitrogen and oxygen atoms in total. The summed E-state index contributed by atoms with van der Waals surface area (Å²) in [5, 5.41) is 21.6. The predicted octanol–water partition coefficient (Wildman–Crippen LogP) is 2.32. The summed E-state index contributed by atoms with van der Waals surface area (Å²) in [6.07, 6.45) is 0. The van der Waals surface area contributed by atoms with Gasteiger partial charge in [-0.25, -0.2) is 8.42 Å². The number of nitro benzene ring substituents is 2. The second-order valence-corrected chi connectivity index (χ2v) is 6.92. The summed E-state index contributed by atoms with van der Waals surface area (Å²) in [6.45, 7) is -0.0770. The van der Waals surface area contributed by atoms with Crippen molar-refractivity contribution in [2.45, 2.75) is 11.4 Å². The number of benzene rings is 2. The largest absolute Gasteiger partial charge is 0.289 e. The topological polar surface area (TPSA) is 124 Å². The number of hydrogen-bond acceptors (Lipinski definition) is 6. The normalized spacial score (nSPS) is 11.4. The van der Waals surface area contributed by atoms with Crippen molar-refractivity contribution in [1.82, 2.24) is 4.31 Å². The van der Waals surface area contributed by atoms with Crippen LogP contribution in [0.1, 0.15) is 5.56 Å². The number of sulfonamides is 1. The SMILES string of the molecule is CN(Cc1ccc([N+](=O)[O-])cc1)S(=O)(=O)c1ccccc1[N+](=O)[O-]. The van der Waals surface area contributed by atoms with Gasteiger partial charge >= 0.3 is 0 Å². The molecule has 10 heteroatoms. The molecular formula is C14H13N3O6S. The minimum absolute atomic E-state index is 0.0770. The van der Waals surface area contributed by atoms with E-state index in [4.69, 9.17) is 0 Å². The van der Waals surface area contributed by atoms with E-state index in [1.54, 1.807) is 0 Å². The first-order chi connectivity index (χ1) is 11.2. The minimum Gasteiger partial charge on any atom is -0.258 e. The molecule has 0 fully saturated rings. The monoisotopic (exact) mass is 351 g/mol. The Morgan fingerprint density at radius 2 is 1.54 bits per heavy atom. The van der Waals surface area contributed by atoms with Gasteiger partial charge in [0.05, 0.1) is 9.85 Å². The molecule has 0 radical (unpaired) electrons. The zero-order chi connectivity index (χ0) is 17.9. The first-order valence-electron chi connectivity index (χ1n) is 6.66. The fraction of sp³-hybridized carbons (Fsp3) is 0.143. The maximum Gasteiger partial charge on any atom is 0.289 e. The van der Waals surface area contributed by atoms with Crippen LogP contribution >= 0.6 is 0 Å². The molecule has 2 aromatic rings. The molecule has 24 heavy (non-hydrogen) atoms. The average molecular weight is 351 g/mol. The van der Waals surface area contributed by atoms with Gasteiger partial charge < -0.3 is 0 Å². The molecule has 0 saturated heterocycles. The summed E-state index contributed by atoms with van der Waals surface area (Å²) in [6, 6.07) is 10.5. The van der Waals surface area contributed by atoms with Crippen LogP contribution in [0.3, 0.4) is 0 Å². The van der Waals surface area contributed by atoms with Crippen LogP contribution < -0.4 is 0 Å². The Labute approximate surface area is 137 Å². The van der Waals surface area contributed by atoms with Crippen LogP contribution in [0.2, 0.25) is 0 Å². The molecule has 2 rings (SSSR count). The fourth-order valence-corrected chi connectivity index (χ4v) is 3.37. The summed E-state index contributed by atoms with van der Waals surface area (Å²) >= 11 is 0. The standard InChI is InChI=1S/C14H13N3O6S/c1-15(10-11-6-8-12(9-7-11)16(18)19)24(22,23)14-5-3-2-4-13(14)17(20)21/h2-9H,10H2,1H3. The van der Waals surface area contributed by atoms with Crippen LogP contribution in [0.15, 0.2) is 53.4 Å². The van der Waals surface area contributed by atoms with Gasteiger partial charge in [-0.2, -0.15) is 4.31 Å². The van der Waals surface area contributed by atoms with Crippen molar-refractivity contribution >= 4 is 21.4 Å². The summed E-state index contributed by atoms with van der Waals surface area (Å²) in [5.74, 6) is 0. The van der Waals surface area contributed by atoms with Crippen LogP contribution in [0.25, 0.3) is 0 Å². The highest BCUT2D eigenvalue weighted by atomic mass is 32.2. The zero-order valence-electron chi connectivity index (χ0n) is 12.5. The molecule has 0 aliphatic heterocycles. The molecule has 0 aliphatic carbocycles. The van der Waals surface area contributed by atoms with Crippen molar-refractivity contribution in [1.29, 1.82) is 0 Å². The number of nitrogens with zero attached hydrogens (tertiary/aromatic N) is 3. The predicted molar refractivity (Wildman–Crippen MR) is 84.8 cm³/mol. The number of hydrogen-bond donors (Lipinski definition) is 0. The summed E-state index contributed by atoms with van der Waals surface area (Å²) < 4.78 is 26.1. The number of para-hydroxylation sites is 1. The Kier molecular flexibility index (Phi) is 4.90. The van der Waals surface area contributed by atoms with Gasteiger partial charge in [-0.05, 0) is 11.6 Å². The lowest BCUT2D eigenvalue weighted by molar-refractivity contribution is -0.387. The molecule has 0 amide bonds. The Bertz CT molecular complexity index is 880. The summed E-state index contributed by atoms with van der Waals surface area (Å²) in [4.78, 5) is 19.9. The highest BCUT2D eigenvalue weighted by molar-refractivity contribution is 7.89. The number of nitro groups is 2. The highest BCUT2D eigenvalue weighted by Crippen LogP contribution is 2.26. The van der Waals surface area contributed by atoms with Gasteiger partial charge in [0.25, 0.3) is 11.4 Å². The Morgan fingerprint density at radius 3 is 2.08 bits per heavy atom. The van der Waals surface area contributed by atoms with Crippen LogP contribution in [0.4, 0.5) is 11.4 Å². The van der Waals surface area contributed by atoms with Crippen molar-refractivity contribution in [2.75, 3.05) is 7.05 Å². The first-order valence-corrected chi connectivity index (χ1v) is 8.10. The van der Waals surface area contributed by atoms with E-state index in [2.05, 4.69) is 0 Å². The van der Waals surface area contributed by atoms with Gasteiger partial charge in [-0.15, -0.1) is 0 Å². The molecule has 0 saturated carbocycles. The fourth-order valence-electron chi connectivity index (χ4n) is 2.06. The molecule has 0 aliphatic rings. The van der Waals surface area contributed by atoms with E-state index in [9.17, 15) is 28.6 Å². The van der Waals surface area contributed by atoms with Crippen molar-refractivity contribution in [2.24, 2.45) is 0 Å². The van der Waals surface area contributed by atoms with E-state index < -0.39 is 30.5 Å². The van der Waals surface area contributed by atoms with Gasteiger partial charge in [-0.1, -0.05) is 24.3 Å². The molecule has 0 bridgehead atoms. The van der Waals surface area contributed by atoms with E-state index in [1.165, 1.54) is 49.5 Å². The van der Waals surface area contributed by atoms with Gasteiger partial charge in [-0.3, -0.25) is 20.2 Å². The second kappa shape index (κ2) is 6.72. The van der Waals surface area contributed by atoms with E-state index in [-0.39, 0.29) is 12.2 Å². The first kappa shape index (κ1) is 17.5. The highest BCUT2D eigenvalue weighted by Gasteiger charge is 2.29. The summed E-state index contributed by atoms with van der Waals surface area (Å²) in [5.41, 5.74) is -0.0960. The molecule has 0 heterocycles. The maximum atomic E-state index is 12.6. The van der Waals surface area contributed by atoms with Crippen LogP contribution in [-0.4, -0.2) is 29.6 Å². The average Bonchev–Trinajstić information content (AvgIpc) is 2.55. The van der Waals surface area contributed by atoms with E-state index in [0.29, 0.717) is 5.56 Å². The molecule has 0 spiro atoms. The van der Waals surface area contributed by atoms with E-state index in [1.807, 2.05) is 0 Å². The van der Waals surface area contributed by atoms with Gasteiger partial charge in [0.2, 0.25) is 10.0 Å². The molecule has 126 valence electrons. The van der Waals surface area contributed by atoms with Crippen molar-refractivity contribution in [3.63, 3.8) is 0 Å². The molecule has 0 atom stereocenters. The smallest absolute Gasteiger partial charge is 0.258 e. The summed E-state index contributed by atoms with van der Waals surface area (Å²) in [7, 11) is -2.80. The molecule has 0 unspecified atom stereocenters. The molecule has 0 aromatic heterocycles. The van der Waals surface area contributed by atoms with Crippen molar-refractivity contribution in [3.05, 3.63) is 74.3 Å². The molecule has 0 N–H and O–H groups in total. The van der Waals surface area contributed by atoms with Gasteiger partial charge in [0, 0.05) is 31.8 Å². The number of rotatable bonds is 6. The Balaban J connectivity index is 2.30. The van der Waals surface area contributed by atoms with Crippen molar-refractivity contribution in [3.8, 4) is 0 Å². The quantitative estimate of drug-likeness (QED) is 0.581. The lowest BCUT2D eigenvalue weighted by Gasteiger charge is -2.17. The number of non-ortho nitro benzene ring substituents is 1. The van der Waals surface area contributed by atoms with Crippen LogP contribution in [0.5, 0.6) is 0 Å².